The molecule has 5 aliphatic rings. The number of hydrogen-bond donors (Lipinski definition) is 0. The van der Waals surface area contributed by atoms with Crippen molar-refractivity contribution in [3.63, 3.8) is 0 Å². The van der Waals surface area contributed by atoms with Crippen molar-refractivity contribution < 1.29 is 42.5 Å². The maximum absolute atomic E-state index is 13.3. The van der Waals surface area contributed by atoms with E-state index in [4.69, 9.17) is 23.4 Å². The van der Waals surface area contributed by atoms with Crippen LogP contribution in [0.25, 0.3) is 11.1 Å². The second-order valence-electron chi connectivity index (χ2n) is 11.4. The molecule has 0 spiro atoms. The van der Waals surface area contributed by atoms with Gasteiger partial charge in [0.25, 0.3) is 0 Å². The zero-order valence-electron chi connectivity index (χ0n) is 34.5. The number of thioether (sulfide) groups is 16. The zero-order chi connectivity index (χ0) is 45.5. The highest BCUT2D eigenvalue weighted by atomic mass is 32.3. The van der Waals surface area contributed by atoms with Crippen LogP contribution in [-0.2, 0) is 38.1 Å². The molecule has 0 amide bonds. The molecule has 0 atom stereocenters. The average molecular weight is 1150 g/mol. The predicted octanol–water partition coefficient (Wildman–Crippen LogP) is 14.6. The molecule has 0 fully saturated rings. The Morgan fingerprint density at radius 1 is 0.444 bits per heavy atom. The summed E-state index contributed by atoms with van der Waals surface area (Å²) in [5.41, 5.74) is 2.16. The molecule has 0 radical (unpaired) electrons. The van der Waals surface area contributed by atoms with Crippen molar-refractivity contribution in [2.24, 2.45) is 0 Å². The quantitative estimate of drug-likeness (QED) is 0.122. The Kier molecular flexibility index (Phi) is 20.5. The molecule has 336 valence electrons. The molecule has 0 aliphatic carbocycles. The van der Waals surface area contributed by atoms with E-state index < -0.39 is 23.9 Å². The Morgan fingerprint density at radius 2 is 0.778 bits per heavy atom. The lowest BCUT2D eigenvalue weighted by molar-refractivity contribution is -0.138. The molecule has 6 rings (SSSR count). The van der Waals surface area contributed by atoms with Gasteiger partial charge in [0.2, 0.25) is 0 Å². The fourth-order valence-corrected chi connectivity index (χ4v) is 25.2. The Hall–Kier alpha value is 0.160. The smallest absolute Gasteiger partial charge is 0.346 e. The molecule has 0 unspecified atom stereocenters. The van der Waals surface area contributed by atoms with Gasteiger partial charge in [0.1, 0.15) is 31.1 Å². The van der Waals surface area contributed by atoms with Gasteiger partial charge in [-0.05, 0) is 61.8 Å². The van der Waals surface area contributed by atoms with Crippen LogP contribution in [0, 0.1) is 0 Å². The van der Waals surface area contributed by atoms with Gasteiger partial charge in [-0.15, -0.1) is 70.6 Å². The fraction of sp³-hybridized carbons (Fsp3) is 0.263. The third-order valence-corrected chi connectivity index (χ3v) is 28.6. The minimum Gasteiger partial charge on any atom is -0.465 e. The molecule has 6 heterocycles. The second-order valence-corrected chi connectivity index (χ2v) is 29.5. The molecule has 0 bridgehead atoms. The Balaban J connectivity index is 1.60. The van der Waals surface area contributed by atoms with E-state index >= 15 is 0 Å². The number of carbonyl (C=O) groups is 4. The van der Waals surface area contributed by atoms with Gasteiger partial charge in [-0.1, -0.05) is 118 Å². The summed E-state index contributed by atoms with van der Waals surface area (Å²) < 4.78 is 39.0. The van der Waals surface area contributed by atoms with Gasteiger partial charge in [0.15, 0.2) is 0 Å². The monoisotopic (exact) mass is 1150 g/mol. The molecule has 1 aromatic rings. The molecule has 1 aromatic heterocycles. The first-order chi connectivity index (χ1) is 30.4. The van der Waals surface area contributed by atoms with Crippen LogP contribution in [0.3, 0.4) is 0 Å². The Labute approximate surface area is 434 Å². The van der Waals surface area contributed by atoms with Crippen LogP contribution in [0.4, 0.5) is 0 Å². The first-order valence-corrected chi connectivity index (χ1v) is 32.8. The predicted molar refractivity (Wildman–Crippen MR) is 296 cm³/mol. The van der Waals surface area contributed by atoms with Gasteiger partial charge >= 0.3 is 23.9 Å². The van der Waals surface area contributed by atoms with E-state index in [9.17, 15) is 19.2 Å². The number of ether oxygens (including phenoxy) is 4. The minimum atomic E-state index is -0.658. The van der Waals surface area contributed by atoms with E-state index in [1.165, 1.54) is 45.4 Å². The van der Waals surface area contributed by atoms with Crippen molar-refractivity contribution in [2.75, 3.05) is 66.0 Å². The molecule has 0 aromatic carbocycles. The summed E-state index contributed by atoms with van der Waals surface area (Å²) in [6.07, 6.45) is 16.6. The minimum absolute atomic E-state index is 0.116. The van der Waals surface area contributed by atoms with Crippen LogP contribution in [0.5, 0.6) is 0 Å². The first kappa shape index (κ1) is 52.5. The largest absolute Gasteiger partial charge is 0.465 e. The van der Waals surface area contributed by atoms with Crippen molar-refractivity contribution in [3.8, 4) is 0 Å². The Morgan fingerprint density at radius 3 is 1.14 bits per heavy atom. The SMILES string of the molecule is COC(=O)C1=C(C(=O)OC)SC(=C(C=C2SC(SC)=C(SC)S2)c2ccc(C(=C3SC(C(=O)OC)=C(C(=O)OC)S3)C(C=C3SC(SC)=C(SC)S3)=C3SC(SC)=C(SC)S3)o2)S1. The van der Waals surface area contributed by atoms with Gasteiger partial charge in [0, 0.05) is 16.7 Å². The highest BCUT2D eigenvalue weighted by molar-refractivity contribution is 8.42. The number of furan rings is 1. The number of hydrogen-bond acceptors (Lipinski definition) is 25. The van der Waals surface area contributed by atoms with Gasteiger partial charge < -0.3 is 23.4 Å². The molecule has 63 heavy (non-hydrogen) atoms. The normalized spacial score (nSPS) is 17.8. The molecule has 0 N–H and O–H groups in total. The molecule has 9 nitrogen and oxygen atoms in total. The lowest BCUT2D eigenvalue weighted by Crippen LogP contribution is -2.08. The summed E-state index contributed by atoms with van der Waals surface area (Å²) in [4.78, 5) is 53.3. The van der Waals surface area contributed by atoms with E-state index in [2.05, 4.69) is 31.1 Å². The van der Waals surface area contributed by atoms with Crippen LogP contribution >= 0.6 is 188 Å². The van der Waals surface area contributed by atoms with E-state index in [0.717, 1.165) is 73.8 Å². The molecular formula is C38H34O9S16. The maximum Gasteiger partial charge on any atom is 0.346 e. The summed E-state index contributed by atoms with van der Waals surface area (Å²) in [6.45, 7) is 0. The summed E-state index contributed by atoms with van der Waals surface area (Å²) in [5, 5.41) is 0. The van der Waals surface area contributed by atoms with Crippen LogP contribution in [-0.4, -0.2) is 89.9 Å². The summed E-state index contributed by atoms with van der Waals surface area (Å²) in [5.74, 6) is -1.70. The number of allylic oxidation sites excluding steroid dienone is 5. The van der Waals surface area contributed by atoms with Crippen molar-refractivity contribution >= 4 is 223 Å². The zero-order valence-corrected chi connectivity index (χ0v) is 47.6. The highest BCUT2D eigenvalue weighted by Gasteiger charge is 2.39. The number of carbonyl (C=O) groups excluding carboxylic acids is 4. The van der Waals surface area contributed by atoms with Crippen molar-refractivity contribution in [1.82, 2.24) is 0 Å². The molecule has 5 aliphatic heterocycles. The van der Waals surface area contributed by atoms with Crippen LogP contribution in [0.1, 0.15) is 11.5 Å². The van der Waals surface area contributed by atoms with E-state index in [1.54, 1.807) is 141 Å². The number of esters is 4. The summed E-state index contributed by atoms with van der Waals surface area (Å²) >= 11 is 24.7. The maximum atomic E-state index is 13.3. The van der Waals surface area contributed by atoms with Crippen LogP contribution in [0.15, 0.2) is 101 Å². The van der Waals surface area contributed by atoms with Crippen LogP contribution < -0.4 is 0 Å². The summed E-state index contributed by atoms with van der Waals surface area (Å²) in [7, 11) is 5.11. The molecular weight excluding hydrogens is 1110 g/mol. The summed E-state index contributed by atoms with van der Waals surface area (Å²) in [6, 6.07) is 3.75. The van der Waals surface area contributed by atoms with Crippen molar-refractivity contribution in [1.29, 1.82) is 0 Å². The molecule has 0 saturated carbocycles. The van der Waals surface area contributed by atoms with Gasteiger partial charge in [-0.2, -0.15) is 0 Å². The lowest BCUT2D eigenvalue weighted by Gasteiger charge is -2.15. The van der Waals surface area contributed by atoms with Crippen molar-refractivity contribution in [3.05, 3.63) is 108 Å². The van der Waals surface area contributed by atoms with Gasteiger partial charge in [0.05, 0.1) is 75.0 Å². The van der Waals surface area contributed by atoms with E-state index in [1.807, 2.05) is 30.7 Å². The van der Waals surface area contributed by atoms with Crippen LogP contribution in [0.2, 0.25) is 0 Å². The topological polar surface area (TPSA) is 118 Å². The van der Waals surface area contributed by atoms with Crippen molar-refractivity contribution in [2.45, 2.75) is 0 Å². The molecule has 0 saturated heterocycles. The van der Waals surface area contributed by atoms with Gasteiger partial charge in [-0.25, -0.2) is 19.2 Å². The highest BCUT2D eigenvalue weighted by Crippen LogP contribution is 2.64. The van der Waals surface area contributed by atoms with Gasteiger partial charge in [-0.3, -0.25) is 0 Å². The lowest BCUT2D eigenvalue weighted by atomic mass is 10.1. The molecule has 25 heteroatoms. The number of rotatable bonds is 15. The van der Waals surface area contributed by atoms with E-state index in [-0.39, 0.29) is 19.6 Å². The third-order valence-electron chi connectivity index (χ3n) is 7.99. The fourth-order valence-electron chi connectivity index (χ4n) is 5.20. The standard InChI is InChI=1S/C38H34O9S16/c1-43-26(39)22-23(27(40)44-2)59-30(58-22)15(13-19-54-33(48-5)34(49-6)55-19)17-11-12-18(47-17)21(32-60-24(28(41)45-3)25(61-32)29(42)46-4)16(31-62-37(52-9)38(53-10)63-31)14-20-56-35(50-7)36(51-8)57-20/h11-14H,1-10H3. The first-order valence-electron chi connectivity index (χ1n) is 17.2. The number of methoxy groups -OCH3 is 4. The van der Waals surface area contributed by atoms with E-state index in [0.29, 0.717) is 31.1 Å². The average Bonchev–Trinajstić information content (AvgIpc) is 4.18. The third kappa shape index (κ3) is 12.0. The second kappa shape index (κ2) is 24.6. The Bertz CT molecular complexity index is 2330.